The lowest BCUT2D eigenvalue weighted by Gasteiger charge is -2.11. The molecule has 0 spiro atoms. The zero-order valence-corrected chi connectivity index (χ0v) is 17.6. The van der Waals surface area contributed by atoms with Crippen molar-refractivity contribution in [2.24, 2.45) is 0 Å². The molecule has 0 radical (unpaired) electrons. The first-order valence-electron chi connectivity index (χ1n) is 9.38. The summed E-state index contributed by atoms with van der Waals surface area (Å²) in [7, 11) is 1.84. The van der Waals surface area contributed by atoms with Crippen molar-refractivity contribution in [2.45, 2.75) is 38.4 Å². The van der Waals surface area contributed by atoms with Crippen molar-refractivity contribution in [3.8, 4) is 17.5 Å². The molecule has 160 valence electrons. The number of nitrogens with zero attached hydrogens (tertiary/aromatic N) is 3. The van der Waals surface area contributed by atoms with Gasteiger partial charge in [-0.15, -0.1) is 11.3 Å². The second-order valence-electron chi connectivity index (χ2n) is 6.74. The molecule has 0 amide bonds. The van der Waals surface area contributed by atoms with Crippen molar-refractivity contribution >= 4 is 27.8 Å². The van der Waals surface area contributed by atoms with Crippen LogP contribution in [0.5, 0.6) is 17.5 Å². The van der Waals surface area contributed by atoms with E-state index in [2.05, 4.69) is 20.3 Å². The number of benzene rings is 1. The molecular formula is C20H22F2N4O3S. The maximum Gasteiger partial charge on any atom is 0.238 e. The lowest BCUT2D eigenvalue weighted by Crippen LogP contribution is -2.28. The zero-order chi connectivity index (χ0) is 21.7. The van der Waals surface area contributed by atoms with Crippen molar-refractivity contribution in [3.63, 3.8) is 0 Å². The molecule has 1 atom stereocenters. The molecular weight excluding hydrogens is 414 g/mol. The Hall–Kier alpha value is -2.72. The third-order valence-electron chi connectivity index (χ3n) is 4.33. The Morgan fingerprint density at radius 2 is 1.97 bits per heavy atom. The molecule has 3 aromatic rings. The topological polar surface area (TPSA) is 86.2 Å². The number of aromatic nitrogens is 3. The number of hydrogen-bond donors (Lipinski definition) is 1. The Kier molecular flexibility index (Phi) is 6.88. The molecule has 0 bridgehead atoms. The van der Waals surface area contributed by atoms with Crippen LogP contribution in [-0.2, 0) is 10.5 Å². The minimum atomic E-state index is -1.39. The van der Waals surface area contributed by atoms with E-state index in [0.717, 1.165) is 17.6 Å². The van der Waals surface area contributed by atoms with Gasteiger partial charge in [0.05, 0.1) is 22.6 Å². The number of alkyl halides is 1. The van der Waals surface area contributed by atoms with Crippen LogP contribution in [0.2, 0.25) is 0 Å². The van der Waals surface area contributed by atoms with Gasteiger partial charge in [0.2, 0.25) is 11.8 Å². The van der Waals surface area contributed by atoms with Gasteiger partial charge in [-0.25, -0.2) is 23.7 Å². The van der Waals surface area contributed by atoms with Crippen LogP contribution in [0.4, 0.5) is 8.78 Å². The summed E-state index contributed by atoms with van der Waals surface area (Å²) in [6.07, 6.45) is 4.41. The Balaban J connectivity index is 0.000000806. The maximum absolute atomic E-state index is 14.7. The number of halogens is 2. The van der Waals surface area contributed by atoms with Gasteiger partial charge in [0.25, 0.3) is 0 Å². The number of nitrogens with one attached hydrogen (secondary N) is 1. The highest BCUT2D eigenvalue weighted by Gasteiger charge is 2.48. The molecule has 2 aromatic heterocycles. The molecule has 0 aliphatic heterocycles. The first kappa shape index (κ1) is 22.0. The second-order valence-corrected chi connectivity index (χ2v) is 7.74. The minimum Gasteiger partial charge on any atom is -0.475 e. The largest absolute Gasteiger partial charge is 0.475 e. The first-order chi connectivity index (χ1) is 14.4. The van der Waals surface area contributed by atoms with Crippen molar-refractivity contribution in [1.29, 1.82) is 0 Å². The van der Waals surface area contributed by atoms with Crippen LogP contribution >= 0.6 is 11.3 Å². The molecule has 4 rings (SSSR count). The summed E-state index contributed by atoms with van der Waals surface area (Å²) in [5.41, 5.74) is -0.958. The summed E-state index contributed by atoms with van der Waals surface area (Å²) in [4.78, 5) is 21.2. The van der Waals surface area contributed by atoms with E-state index in [1.165, 1.54) is 25.4 Å². The van der Waals surface area contributed by atoms with Crippen molar-refractivity contribution in [1.82, 2.24) is 20.3 Å². The number of carbonyl (C=O) groups is 1. The lowest BCUT2D eigenvalue weighted by atomic mass is 10.3. The highest BCUT2D eigenvalue weighted by Crippen LogP contribution is 2.52. The van der Waals surface area contributed by atoms with E-state index in [0.29, 0.717) is 35.9 Å². The third kappa shape index (κ3) is 5.06. The van der Waals surface area contributed by atoms with Gasteiger partial charge in [-0.1, -0.05) is 0 Å². The highest BCUT2D eigenvalue weighted by molar-refractivity contribution is 7.18. The van der Waals surface area contributed by atoms with E-state index < -0.39 is 11.5 Å². The average molecular weight is 436 g/mol. The van der Waals surface area contributed by atoms with Gasteiger partial charge >= 0.3 is 0 Å². The molecule has 1 aliphatic carbocycles. The van der Waals surface area contributed by atoms with Gasteiger partial charge in [0.15, 0.2) is 17.2 Å². The van der Waals surface area contributed by atoms with Gasteiger partial charge in [-0.2, -0.15) is 0 Å². The second kappa shape index (κ2) is 9.40. The smallest absolute Gasteiger partial charge is 0.238 e. The summed E-state index contributed by atoms with van der Waals surface area (Å²) in [5, 5.41) is 3.37. The number of likely N-dealkylation sites (N-methyl/N-ethyl adjacent to an activating group) is 1. The first-order valence-corrected chi connectivity index (χ1v) is 10.2. The summed E-state index contributed by atoms with van der Waals surface area (Å²) in [6.45, 7) is 3.86. The van der Waals surface area contributed by atoms with Crippen LogP contribution < -0.4 is 14.8 Å². The third-order valence-corrected chi connectivity index (χ3v) is 5.57. The van der Waals surface area contributed by atoms with Crippen LogP contribution in [0.3, 0.4) is 0 Å². The fraction of sp³-hybridized carbons (Fsp3) is 0.400. The van der Waals surface area contributed by atoms with E-state index in [1.54, 1.807) is 6.07 Å². The SMILES string of the molecule is CC=O.CN[C@@H](C)COc1cnc(Oc2ccc3nc(C4(F)CC4)sc3c2F)cn1. The molecule has 1 N–H and O–H groups in total. The predicted octanol–water partition coefficient (Wildman–Crippen LogP) is 4.17. The number of ether oxygens (including phenoxy) is 2. The van der Waals surface area contributed by atoms with Crippen LogP contribution in [0.25, 0.3) is 10.2 Å². The number of hydrogen-bond acceptors (Lipinski definition) is 8. The number of rotatable bonds is 7. The Morgan fingerprint density at radius 1 is 1.30 bits per heavy atom. The van der Waals surface area contributed by atoms with Crippen molar-refractivity contribution in [3.05, 3.63) is 35.4 Å². The van der Waals surface area contributed by atoms with Gasteiger partial charge in [-0.3, -0.25) is 0 Å². The number of fused-ring (bicyclic) bond motifs is 1. The van der Waals surface area contributed by atoms with Gasteiger partial charge in [0, 0.05) is 6.04 Å². The number of thiazole rings is 1. The van der Waals surface area contributed by atoms with Crippen LogP contribution in [0, 0.1) is 5.82 Å². The van der Waals surface area contributed by atoms with Crippen molar-refractivity contribution < 1.29 is 23.0 Å². The Labute approximate surface area is 176 Å². The quantitative estimate of drug-likeness (QED) is 0.556. The molecule has 10 heteroatoms. The minimum absolute atomic E-state index is 0.00632. The van der Waals surface area contributed by atoms with E-state index in [9.17, 15) is 8.78 Å². The molecule has 1 fully saturated rings. The fourth-order valence-corrected chi connectivity index (χ4v) is 3.51. The lowest BCUT2D eigenvalue weighted by molar-refractivity contribution is -0.106. The molecule has 30 heavy (non-hydrogen) atoms. The molecule has 0 saturated heterocycles. The molecule has 2 heterocycles. The Bertz CT molecular complexity index is 1010. The molecule has 0 unspecified atom stereocenters. The molecule has 1 saturated carbocycles. The van der Waals surface area contributed by atoms with Crippen LogP contribution in [-0.4, -0.2) is 40.9 Å². The number of aldehydes is 1. The molecule has 7 nitrogen and oxygen atoms in total. The number of carbonyl (C=O) groups excluding carboxylic acids is 1. The highest BCUT2D eigenvalue weighted by atomic mass is 32.1. The summed E-state index contributed by atoms with van der Waals surface area (Å²) < 4.78 is 40.2. The van der Waals surface area contributed by atoms with Crippen molar-refractivity contribution in [2.75, 3.05) is 13.7 Å². The fourth-order valence-electron chi connectivity index (χ4n) is 2.37. The van der Waals surface area contributed by atoms with Gasteiger partial charge in [0.1, 0.15) is 17.9 Å². The zero-order valence-electron chi connectivity index (χ0n) is 16.8. The van der Waals surface area contributed by atoms with E-state index >= 15 is 0 Å². The van der Waals surface area contributed by atoms with Crippen LogP contribution in [0.1, 0.15) is 31.7 Å². The standard InChI is InChI=1S/C18H18F2N4O2S.C2H4O/c1-10(21-2)9-25-13-7-23-14(8-22-13)26-12-4-3-11-16(15(12)19)27-17(24-11)18(20)5-6-18;1-2-3/h3-4,7-8,10,21H,5-6,9H2,1-2H3;2H,1H3/t10-;/m0./s1. The average Bonchev–Trinajstić information content (AvgIpc) is 3.33. The van der Waals surface area contributed by atoms with Gasteiger partial charge < -0.3 is 19.6 Å². The monoisotopic (exact) mass is 436 g/mol. The summed E-state index contributed by atoms with van der Waals surface area (Å²) in [6, 6.07) is 3.25. The van der Waals surface area contributed by atoms with E-state index in [-0.39, 0.29) is 22.4 Å². The van der Waals surface area contributed by atoms with E-state index in [1.807, 2.05) is 14.0 Å². The summed E-state index contributed by atoms with van der Waals surface area (Å²) >= 11 is 1.03. The summed E-state index contributed by atoms with van der Waals surface area (Å²) in [5.74, 6) is -0.0973. The van der Waals surface area contributed by atoms with Crippen LogP contribution in [0.15, 0.2) is 24.5 Å². The molecule has 1 aromatic carbocycles. The normalized spacial score (nSPS) is 15.1. The predicted molar refractivity (Wildman–Crippen MR) is 109 cm³/mol. The Morgan fingerprint density at radius 3 is 2.57 bits per heavy atom. The van der Waals surface area contributed by atoms with E-state index in [4.69, 9.17) is 14.3 Å². The van der Waals surface area contributed by atoms with Gasteiger partial charge in [-0.05, 0) is 45.9 Å². The maximum atomic E-state index is 14.7. The molecule has 1 aliphatic rings.